The molecular weight excluding hydrogens is 225 g/mol. The molecule has 2 heteroatoms. The Bertz CT molecular complexity index is 394. The number of nitrogens with two attached hydrogens (primary N) is 1. The third-order valence-corrected chi connectivity index (χ3v) is 4.57. The van der Waals surface area contributed by atoms with Crippen LogP contribution in [0.5, 0.6) is 0 Å². The molecule has 1 fully saturated rings. The standard InChI is InChI=1S/C16H24FN/c1-3-12-4-6-13(7-5-12)16(18)15-9-8-14(17)10-11(15)2/h8-10,12-13,16H,3-7,18H2,1-2H3. The van der Waals surface area contributed by atoms with Crippen LogP contribution in [-0.4, -0.2) is 0 Å². The summed E-state index contributed by atoms with van der Waals surface area (Å²) in [6, 6.07) is 5.05. The van der Waals surface area contributed by atoms with Crippen molar-refractivity contribution in [2.45, 2.75) is 52.0 Å². The third kappa shape index (κ3) is 2.92. The van der Waals surface area contributed by atoms with Crippen molar-refractivity contribution in [3.63, 3.8) is 0 Å². The molecule has 0 aliphatic heterocycles. The minimum atomic E-state index is -0.168. The zero-order valence-electron chi connectivity index (χ0n) is 11.5. The van der Waals surface area contributed by atoms with Crippen molar-refractivity contribution >= 4 is 0 Å². The van der Waals surface area contributed by atoms with Gasteiger partial charge in [0.2, 0.25) is 0 Å². The number of hydrogen-bond acceptors (Lipinski definition) is 1. The Morgan fingerprint density at radius 2 is 1.94 bits per heavy atom. The highest BCUT2D eigenvalue weighted by atomic mass is 19.1. The monoisotopic (exact) mass is 249 g/mol. The zero-order valence-corrected chi connectivity index (χ0v) is 11.5. The van der Waals surface area contributed by atoms with Crippen LogP contribution in [0.15, 0.2) is 18.2 Å². The van der Waals surface area contributed by atoms with Crippen LogP contribution in [-0.2, 0) is 0 Å². The highest BCUT2D eigenvalue weighted by Gasteiger charge is 2.26. The molecular formula is C16H24FN. The number of benzene rings is 1. The number of hydrogen-bond donors (Lipinski definition) is 1. The van der Waals surface area contributed by atoms with Crippen molar-refractivity contribution in [2.75, 3.05) is 0 Å². The van der Waals surface area contributed by atoms with Gasteiger partial charge in [0.15, 0.2) is 0 Å². The molecule has 18 heavy (non-hydrogen) atoms. The number of rotatable bonds is 3. The molecule has 1 unspecified atom stereocenters. The predicted molar refractivity (Wildman–Crippen MR) is 73.8 cm³/mol. The lowest BCUT2D eigenvalue weighted by Gasteiger charge is -2.32. The minimum Gasteiger partial charge on any atom is -0.324 e. The molecule has 1 saturated carbocycles. The summed E-state index contributed by atoms with van der Waals surface area (Å²) in [4.78, 5) is 0. The van der Waals surface area contributed by atoms with Gasteiger partial charge in [-0.1, -0.05) is 32.3 Å². The van der Waals surface area contributed by atoms with Gasteiger partial charge in [-0.15, -0.1) is 0 Å². The Morgan fingerprint density at radius 1 is 1.28 bits per heavy atom. The molecule has 0 amide bonds. The van der Waals surface area contributed by atoms with E-state index in [2.05, 4.69) is 6.92 Å². The van der Waals surface area contributed by atoms with E-state index < -0.39 is 0 Å². The first-order valence-corrected chi connectivity index (χ1v) is 7.13. The highest BCUT2D eigenvalue weighted by Crippen LogP contribution is 2.37. The van der Waals surface area contributed by atoms with Gasteiger partial charge >= 0.3 is 0 Å². The van der Waals surface area contributed by atoms with Crippen LogP contribution in [0.4, 0.5) is 4.39 Å². The molecule has 2 rings (SSSR count). The van der Waals surface area contributed by atoms with Gasteiger partial charge in [0, 0.05) is 6.04 Å². The molecule has 0 radical (unpaired) electrons. The van der Waals surface area contributed by atoms with Gasteiger partial charge in [0.25, 0.3) is 0 Å². The molecule has 0 spiro atoms. The van der Waals surface area contributed by atoms with Gasteiger partial charge < -0.3 is 5.73 Å². The van der Waals surface area contributed by atoms with Crippen molar-refractivity contribution in [3.05, 3.63) is 35.1 Å². The normalized spacial score (nSPS) is 26.0. The summed E-state index contributed by atoms with van der Waals surface area (Å²) in [5.41, 5.74) is 8.49. The Labute approximate surface area is 110 Å². The van der Waals surface area contributed by atoms with E-state index >= 15 is 0 Å². The Hall–Kier alpha value is -0.890. The number of aryl methyl sites for hydroxylation is 1. The lowest BCUT2D eigenvalue weighted by atomic mass is 9.76. The molecule has 1 aliphatic carbocycles. The summed E-state index contributed by atoms with van der Waals surface area (Å²) in [6.07, 6.45) is 6.33. The maximum absolute atomic E-state index is 13.1. The summed E-state index contributed by atoms with van der Waals surface area (Å²) in [5.74, 6) is 1.29. The average molecular weight is 249 g/mol. The van der Waals surface area contributed by atoms with Crippen LogP contribution >= 0.6 is 0 Å². The second kappa shape index (κ2) is 5.83. The summed E-state index contributed by atoms with van der Waals surface area (Å²) in [5, 5.41) is 0. The van der Waals surface area contributed by atoms with Gasteiger partial charge in [-0.3, -0.25) is 0 Å². The molecule has 1 aromatic rings. The maximum Gasteiger partial charge on any atom is 0.123 e. The fraction of sp³-hybridized carbons (Fsp3) is 0.625. The van der Waals surface area contributed by atoms with Crippen LogP contribution in [0.2, 0.25) is 0 Å². The Kier molecular flexibility index (Phi) is 4.39. The highest BCUT2D eigenvalue weighted by molar-refractivity contribution is 5.29. The van der Waals surface area contributed by atoms with E-state index in [-0.39, 0.29) is 11.9 Å². The molecule has 100 valence electrons. The number of halogens is 1. The van der Waals surface area contributed by atoms with Crippen LogP contribution < -0.4 is 5.73 Å². The van der Waals surface area contributed by atoms with E-state index in [1.807, 2.05) is 13.0 Å². The second-order valence-electron chi connectivity index (χ2n) is 5.72. The molecule has 1 nitrogen and oxygen atoms in total. The third-order valence-electron chi connectivity index (χ3n) is 4.57. The second-order valence-corrected chi connectivity index (χ2v) is 5.72. The Morgan fingerprint density at radius 3 is 2.50 bits per heavy atom. The predicted octanol–water partition coefficient (Wildman–Crippen LogP) is 4.35. The largest absolute Gasteiger partial charge is 0.324 e. The summed E-state index contributed by atoms with van der Waals surface area (Å²) in [7, 11) is 0. The fourth-order valence-electron chi connectivity index (χ4n) is 3.22. The lowest BCUT2D eigenvalue weighted by molar-refractivity contribution is 0.239. The van der Waals surface area contributed by atoms with E-state index in [0.717, 1.165) is 17.0 Å². The maximum atomic E-state index is 13.1. The first kappa shape index (κ1) is 13.5. The molecule has 2 N–H and O–H groups in total. The quantitative estimate of drug-likeness (QED) is 0.846. The SMILES string of the molecule is CCC1CCC(C(N)c2ccc(F)cc2C)CC1. The first-order valence-electron chi connectivity index (χ1n) is 7.13. The minimum absolute atomic E-state index is 0.0726. The fourth-order valence-corrected chi connectivity index (χ4v) is 3.22. The van der Waals surface area contributed by atoms with Gasteiger partial charge in [0.05, 0.1) is 0 Å². The van der Waals surface area contributed by atoms with Crippen LogP contribution in [0.25, 0.3) is 0 Å². The smallest absolute Gasteiger partial charge is 0.123 e. The molecule has 0 saturated heterocycles. The van der Waals surface area contributed by atoms with E-state index in [0.29, 0.717) is 5.92 Å². The van der Waals surface area contributed by atoms with Gasteiger partial charge in [-0.05, 0) is 54.9 Å². The van der Waals surface area contributed by atoms with Gasteiger partial charge in [0.1, 0.15) is 5.82 Å². The van der Waals surface area contributed by atoms with Crippen molar-refractivity contribution in [1.82, 2.24) is 0 Å². The molecule has 0 bridgehead atoms. The zero-order chi connectivity index (χ0) is 13.1. The summed E-state index contributed by atoms with van der Waals surface area (Å²) < 4.78 is 13.1. The van der Waals surface area contributed by atoms with Crippen LogP contribution in [0.1, 0.15) is 56.2 Å². The van der Waals surface area contributed by atoms with Gasteiger partial charge in [-0.2, -0.15) is 0 Å². The molecule has 0 heterocycles. The van der Waals surface area contributed by atoms with Gasteiger partial charge in [-0.25, -0.2) is 4.39 Å². The van der Waals surface area contributed by atoms with Crippen LogP contribution in [0.3, 0.4) is 0 Å². The van der Waals surface area contributed by atoms with Crippen molar-refractivity contribution < 1.29 is 4.39 Å². The van der Waals surface area contributed by atoms with E-state index in [1.54, 1.807) is 6.07 Å². The summed E-state index contributed by atoms with van der Waals surface area (Å²) in [6.45, 7) is 4.23. The lowest BCUT2D eigenvalue weighted by Crippen LogP contribution is -2.26. The van der Waals surface area contributed by atoms with E-state index in [9.17, 15) is 4.39 Å². The molecule has 1 aromatic carbocycles. The van der Waals surface area contributed by atoms with Crippen LogP contribution in [0, 0.1) is 24.6 Å². The van der Waals surface area contributed by atoms with Crippen molar-refractivity contribution in [1.29, 1.82) is 0 Å². The topological polar surface area (TPSA) is 26.0 Å². The average Bonchev–Trinajstić information content (AvgIpc) is 2.38. The Balaban J connectivity index is 2.05. The molecule has 1 aliphatic rings. The van der Waals surface area contributed by atoms with Crippen molar-refractivity contribution in [2.24, 2.45) is 17.6 Å². The first-order chi connectivity index (χ1) is 8.61. The van der Waals surface area contributed by atoms with Crippen molar-refractivity contribution in [3.8, 4) is 0 Å². The molecule has 0 aromatic heterocycles. The molecule has 1 atom stereocenters. The summed E-state index contributed by atoms with van der Waals surface area (Å²) >= 11 is 0. The van der Waals surface area contributed by atoms with E-state index in [1.165, 1.54) is 38.2 Å². The van der Waals surface area contributed by atoms with E-state index in [4.69, 9.17) is 5.73 Å².